The standard InChI is InChI=1S/C17H18FN5O/c1-2-15-20-21-16-10-22(7-8-23(15)16)9-14-11-24-17(19-14)12-3-5-13(18)6-4-12/h3-6,11H,2,7-10H2,1H3. The normalized spacial score (nSPS) is 14.8. The molecule has 0 radical (unpaired) electrons. The number of hydrogen-bond acceptors (Lipinski definition) is 5. The van der Waals surface area contributed by atoms with Gasteiger partial charge in [0, 0.05) is 31.6 Å². The first-order valence-corrected chi connectivity index (χ1v) is 8.06. The van der Waals surface area contributed by atoms with Crippen molar-refractivity contribution in [1.29, 1.82) is 0 Å². The smallest absolute Gasteiger partial charge is 0.226 e. The molecule has 0 bridgehead atoms. The molecule has 0 fully saturated rings. The van der Waals surface area contributed by atoms with Crippen LogP contribution in [0.15, 0.2) is 34.9 Å². The molecule has 2 aromatic heterocycles. The molecule has 0 saturated heterocycles. The van der Waals surface area contributed by atoms with Gasteiger partial charge in [-0.3, -0.25) is 4.90 Å². The number of halogens is 1. The van der Waals surface area contributed by atoms with Crippen LogP contribution in [0.3, 0.4) is 0 Å². The summed E-state index contributed by atoms with van der Waals surface area (Å²) in [6.07, 6.45) is 2.56. The summed E-state index contributed by atoms with van der Waals surface area (Å²) in [5.74, 6) is 2.29. The Morgan fingerprint density at radius 3 is 2.79 bits per heavy atom. The molecule has 0 N–H and O–H groups in total. The van der Waals surface area contributed by atoms with Crippen molar-refractivity contribution < 1.29 is 8.81 Å². The fourth-order valence-electron chi connectivity index (χ4n) is 3.00. The number of aryl methyl sites for hydroxylation is 1. The first-order chi connectivity index (χ1) is 11.7. The Labute approximate surface area is 138 Å². The van der Waals surface area contributed by atoms with E-state index in [1.807, 2.05) is 0 Å². The molecular weight excluding hydrogens is 309 g/mol. The topological polar surface area (TPSA) is 60.0 Å². The van der Waals surface area contributed by atoms with E-state index in [1.165, 1.54) is 12.1 Å². The minimum absolute atomic E-state index is 0.269. The Hall–Kier alpha value is -2.54. The Kier molecular flexibility index (Phi) is 3.86. The van der Waals surface area contributed by atoms with Crippen LogP contribution in [0.1, 0.15) is 24.3 Å². The second-order valence-corrected chi connectivity index (χ2v) is 5.90. The maximum absolute atomic E-state index is 13.0. The fraction of sp³-hybridized carbons (Fsp3) is 0.353. The van der Waals surface area contributed by atoms with E-state index >= 15 is 0 Å². The zero-order valence-corrected chi connectivity index (χ0v) is 13.4. The monoisotopic (exact) mass is 327 g/mol. The first-order valence-electron chi connectivity index (χ1n) is 8.06. The quantitative estimate of drug-likeness (QED) is 0.737. The van der Waals surface area contributed by atoms with Crippen LogP contribution in [0.2, 0.25) is 0 Å². The van der Waals surface area contributed by atoms with E-state index in [1.54, 1.807) is 18.4 Å². The van der Waals surface area contributed by atoms with Crippen LogP contribution >= 0.6 is 0 Å². The average molecular weight is 327 g/mol. The van der Waals surface area contributed by atoms with E-state index in [-0.39, 0.29) is 5.82 Å². The van der Waals surface area contributed by atoms with Gasteiger partial charge in [0.25, 0.3) is 0 Å². The highest BCUT2D eigenvalue weighted by Gasteiger charge is 2.21. The molecule has 0 atom stereocenters. The van der Waals surface area contributed by atoms with Crippen molar-refractivity contribution in [1.82, 2.24) is 24.6 Å². The van der Waals surface area contributed by atoms with Gasteiger partial charge in [0.05, 0.1) is 12.2 Å². The summed E-state index contributed by atoms with van der Waals surface area (Å²) in [5, 5.41) is 8.50. The largest absolute Gasteiger partial charge is 0.444 e. The minimum atomic E-state index is -0.269. The summed E-state index contributed by atoms with van der Waals surface area (Å²) in [6, 6.07) is 6.14. The van der Waals surface area contributed by atoms with E-state index < -0.39 is 0 Å². The van der Waals surface area contributed by atoms with Crippen LogP contribution in [0.4, 0.5) is 4.39 Å². The van der Waals surface area contributed by atoms with Crippen molar-refractivity contribution in [3.63, 3.8) is 0 Å². The number of benzene rings is 1. The van der Waals surface area contributed by atoms with Gasteiger partial charge in [0.1, 0.15) is 23.7 Å². The molecule has 3 heterocycles. The van der Waals surface area contributed by atoms with Gasteiger partial charge in [-0.05, 0) is 24.3 Å². The molecule has 6 nitrogen and oxygen atoms in total. The molecule has 24 heavy (non-hydrogen) atoms. The van der Waals surface area contributed by atoms with Crippen LogP contribution in [0.25, 0.3) is 11.5 Å². The van der Waals surface area contributed by atoms with E-state index in [0.717, 1.165) is 49.0 Å². The van der Waals surface area contributed by atoms with Crippen molar-refractivity contribution in [2.75, 3.05) is 6.54 Å². The predicted molar refractivity (Wildman–Crippen MR) is 85.4 cm³/mol. The first kappa shape index (κ1) is 15.0. The van der Waals surface area contributed by atoms with Crippen molar-refractivity contribution in [2.45, 2.75) is 33.0 Å². The van der Waals surface area contributed by atoms with Gasteiger partial charge in [0.2, 0.25) is 5.89 Å². The molecule has 0 spiro atoms. The highest BCUT2D eigenvalue weighted by Crippen LogP contribution is 2.21. The number of fused-ring (bicyclic) bond motifs is 1. The summed E-state index contributed by atoms with van der Waals surface area (Å²) in [4.78, 5) is 6.78. The molecule has 7 heteroatoms. The second-order valence-electron chi connectivity index (χ2n) is 5.90. The lowest BCUT2D eigenvalue weighted by molar-refractivity contribution is 0.205. The lowest BCUT2D eigenvalue weighted by Crippen LogP contribution is -2.34. The number of aromatic nitrogens is 4. The zero-order chi connectivity index (χ0) is 16.5. The van der Waals surface area contributed by atoms with Gasteiger partial charge in [-0.1, -0.05) is 6.92 Å². The number of nitrogens with zero attached hydrogens (tertiary/aromatic N) is 5. The molecule has 0 amide bonds. The molecule has 0 unspecified atom stereocenters. The number of hydrogen-bond donors (Lipinski definition) is 0. The number of rotatable bonds is 4. The third-order valence-corrected chi connectivity index (χ3v) is 4.25. The van der Waals surface area contributed by atoms with Gasteiger partial charge >= 0.3 is 0 Å². The Morgan fingerprint density at radius 2 is 2.00 bits per heavy atom. The summed E-state index contributed by atoms with van der Waals surface area (Å²) < 4.78 is 20.7. The molecule has 1 aromatic carbocycles. The van der Waals surface area contributed by atoms with Crippen molar-refractivity contribution in [3.8, 4) is 11.5 Å². The van der Waals surface area contributed by atoms with Crippen LogP contribution in [-0.2, 0) is 26.1 Å². The van der Waals surface area contributed by atoms with E-state index in [2.05, 4.69) is 31.6 Å². The third-order valence-electron chi connectivity index (χ3n) is 4.25. The van der Waals surface area contributed by atoms with E-state index in [9.17, 15) is 4.39 Å². The maximum Gasteiger partial charge on any atom is 0.226 e. The SMILES string of the molecule is CCc1nnc2n1CCN(Cc1coc(-c3ccc(F)cc3)n1)C2. The Bertz CT molecular complexity index is 839. The fourth-order valence-corrected chi connectivity index (χ4v) is 3.00. The van der Waals surface area contributed by atoms with Gasteiger partial charge in [-0.25, -0.2) is 9.37 Å². The highest BCUT2D eigenvalue weighted by molar-refractivity contribution is 5.52. The maximum atomic E-state index is 13.0. The molecule has 0 saturated carbocycles. The van der Waals surface area contributed by atoms with E-state index in [0.29, 0.717) is 12.4 Å². The van der Waals surface area contributed by atoms with Crippen molar-refractivity contribution in [2.24, 2.45) is 0 Å². The molecule has 0 aliphatic carbocycles. The van der Waals surface area contributed by atoms with Crippen LogP contribution in [0.5, 0.6) is 0 Å². The Morgan fingerprint density at radius 1 is 1.17 bits per heavy atom. The van der Waals surface area contributed by atoms with E-state index in [4.69, 9.17) is 4.42 Å². The Balaban J connectivity index is 1.46. The molecule has 4 rings (SSSR count). The van der Waals surface area contributed by atoms with Crippen molar-refractivity contribution >= 4 is 0 Å². The average Bonchev–Trinajstić information content (AvgIpc) is 3.22. The van der Waals surface area contributed by atoms with Gasteiger partial charge in [0.15, 0.2) is 0 Å². The summed E-state index contributed by atoms with van der Waals surface area (Å²) in [7, 11) is 0. The van der Waals surface area contributed by atoms with Crippen LogP contribution < -0.4 is 0 Å². The summed E-state index contributed by atoms with van der Waals surface area (Å²) >= 11 is 0. The summed E-state index contributed by atoms with van der Waals surface area (Å²) in [5.41, 5.74) is 1.63. The highest BCUT2D eigenvalue weighted by atomic mass is 19.1. The van der Waals surface area contributed by atoms with Crippen LogP contribution in [0, 0.1) is 5.82 Å². The molecule has 3 aromatic rings. The molecule has 1 aliphatic rings. The zero-order valence-electron chi connectivity index (χ0n) is 13.4. The predicted octanol–water partition coefficient (Wildman–Crippen LogP) is 2.65. The second kappa shape index (κ2) is 6.16. The molecule has 124 valence electrons. The molecule has 1 aliphatic heterocycles. The summed E-state index contributed by atoms with van der Waals surface area (Å²) in [6.45, 7) is 5.37. The minimum Gasteiger partial charge on any atom is -0.444 e. The lowest BCUT2D eigenvalue weighted by Gasteiger charge is -2.26. The lowest BCUT2D eigenvalue weighted by atomic mass is 10.2. The number of oxazole rings is 1. The van der Waals surface area contributed by atoms with Gasteiger partial charge < -0.3 is 8.98 Å². The van der Waals surface area contributed by atoms with Crippen molar-refractivity contribution in [3.05, 3.63) is 53.7 Å². The van der Waals surface area contributed by atoms with Gasteiger partial charge in [-0.15, -0.1) is 10.2 Å². The molecular formula is C17H18FN5O. The van der Waals surface area contributed by atoms with Crippen LogP contribution in [-0.4, -0.2) is 31.2 Å². The van der Waals surface area contributed by atoms with Gasteiger partial charge in [-0.2, -0.15) is 0 Å². The third kappa shape index (κ3) is 2.82.